The van der Waals surface area contributed by atoms with E-state index in [0.717, 1.165) is 5.57 Å². The van der Waals surface area contributed by atoms with Gasteiger partial charge in [0, 0.05) is 5.57 Å². The molecule has 13 heavy (non-hydrogen) atoms. The van der Waals surface area contributed by atoms with Crippen molar-refractivity contribution in [2.45, 2.75) is 20.3 Å². The first-order valence-corrected chi connectivity index (χ1v) is 3.99. The molecule has 0 bridgehead atoms. The van der Waals surface area contributed by atoms with Crippen LogP contribution in [0.4, 0.5) is 0 Å². The van der Waals surface area contributed by atoms with Gasteiger partial charge in [-0.15, -0.1) is 0 Å². The molecule has 1 rings (SSSR count). The second-order valence-corrected chi connectivity index (χ2v) is 3.07. The molecular formula is C9H10N2O2. The Kier molecular flexibility index (Phi) is 2.47. The minimum Gasteiger partial charge on any atom is -0.259 e. The molecule has 0 aliphatic heterocycles. The summed E-state index contributed by atoms with van der Waals surface area (Å²) in [6.07, 6.45) is 2.33. The zero-order valence-corrected chi connectivity index (χ0v) is 7.57. The monoisotopic (exact) mass is 178 g/mol. The van der Waals surface area contributed by atoms with E-state index in [-0.39, 0.29) is 5.70 Å². The molecule has 1 unspecified atom stereocenters. The molecule has 0 saturated heterocycles. The normalized spacial score (nSPS) is 22.2. The van der Waals surface area contributed by atoms with Crippen LogP contribution in [0.25, 0.3) is 0 Å². The van der Waals surface area contributed by atoms with E-state index in [1.807, 2.05) is 19.1 Å². The molecule has 4 nitrogen and oxygen atoms in total. The molecule has 0 aromatic carbocycles. The molecule has 0 heterocycles. The highest BCUT2D eigenvalue weighted by atomic mass is 16.6. The number of nitro groups is 1. The second kappa shape index (κ2) is 3.40. The van der Waals surface area contributed by atoms with Gasteiger partial charge in [0.05, 0.1) is 11.0 Å². The molecule has 0 N–H and O–H groups in total. The van der Waals surface area contributed by atoms with Gasteiger partial charge in [0.2, 0.25) is 0 Å². The molecule has 0 saturated carbocycles. The van der Waals surface area contributed by atoms with Crippen LogP contribution >= 0.6 is 0 Å². The molecule has 1 aliphatic rings. The predicted octanol–water partition coefficient (Wildman–Crippen LogP) is 2.03. The molecule has 0 aromatic rings. The van der Waals surface area contributed by atoms with E-state index in [1.54, 1.807) is 6.92 Å². The van der Waals surface area contributed by atoms with Crippen molar-refractivity contribution in [1.82, 2.24) is 0 Å². The first-order chi connectivity index (χ1) is 6.07. The zero-order valence-electron chi connectivity index (χ0n) is 7.57. The Morgan fingerprint density at radius 2 is 2.31 bits per heavy atom. The molecule has 1 atom stereocenters. The minimum absolute atomic E-state index is 0.0579. The number of rotatable bonds is 1. The first-order valence-electron chi connectivity index (χ1n) is 3.99. The molecule has 0 radical (unpaired) electrons. The number of nitriles is 1. The molecule has 0 spiro atoms. The molecule has 0 aromatic heterocycles. The summed E-state index contributed by atoms with van der Waals surface area (Å²) in [5, 5.41) is 19.3. The standard InChI is InChI=1S/C9H10N2O2/c1-6-3-4-8(5-10)9(7(6)2)11(12)13/h3,8H,4H2,1-2H3. The van der Waals surface area contributed by atoms with Crippen LogP contribution in [0.3, 0.4) is 0 Å². The van der Waals surface area contributed by atoms with Gasteiger partial charge in [-0.05, 0) is 25.8 Å². The van der Waals surface area contributed by atoms with Crippen molar-refractivity contribution in [2.75, 3.05) is 0 Å². The van der Waals surface area contributed by atoms with Crippen molar-refractivity contribution in [3.63, 3.8) is 0 Å². The van der Waals surface area contributed by atoms with E-state index in [0.29, 0.717) is 12.0 Å². The molecule has 0 fully saturated rings. The van der Waals surface area contributed by atoms with E-state index in [1.165, 1.54) is 0 Å². The quantitative estimate of drug-likeness (QED) is 0.455. The van der Waals surface area contributed by atoms with Gasteiger partial charge in [-0.2, -0.15) is 5.26 Å². The first kappa shape index (κ1) is 9.46. The summed E-state index contributed by atoms with van der Waals surface area (Å²) >= 11 is 0. The van der Waals surface area contributed by atoms with Crippen LogP contribution in [0.5, 0.6) is 0 Å². The second-order valence-electron chi connectivity index (χ2n) is 3.07. The maximum atomic E-state index is 10.6. The fourth-order valence-electron chi connectivity index (χ4n) is 1.40. The highest BCUT2D eigenvalue weighted by Crippen LogP contribution is 2.29. The Morgan fingerprint density at radius 3 is 2.77 bits per heavy atom. The van der Waals surface area contributed by atoms with Crippen LogP contribution < -0.4 is 0 Å². The topological polar surface area (TPSA) is 66.9 Å². The average molecular weight is 178 g/mol. The summed E-state index contributed by atoms with van der Waals surface area (Å²) in [7, 11) is 0. The number of nitrogens with zero attached hydrogens (tertiary/aromatic N) is 2. The van der Waals surface area contributed by atoms with Gasteiger partial charge in [0.25, 0.3) is 5.70 Å². The van der Waals surface area contributed by atoms with Crippen molar-refractivity contribution in [3.05, 3.63) is 33.0 Å². The highest BCUT2D eigenvalue weighted by Gasteiger charge is 2.30. The summed E-state index contributed by atoms with van der Waals surface area (Å²) in [6.45, 7) is 3.51. The van der Waals surface area contributed by atoms with Gasteiger partial charge in [0.1, 0.15) is 5.92 Å². The van der Waals surface area contributed by atoms with Gasteiger partial charge in [-0.3, -0.25) is 10.1 Å². The number of hydrogen-bond acceptors (Lipinski definition) is 3. The SMILES string of the molecule is CC1=CCC(C#N)C([N+](=O)[O-])=C1C. The van der Waals surface area contributed by atoms with Gasteiger partial charge in [0.15, 0.2) is 0 Å². The van der Waals surface area contributed by atoms with Crippen LogP contribution in [0.15, 0.2) is 22.9 Å². The van der Waals surface area contributed by atoms with Crippen molar-refractivity contribution in [1.29, 1.82) is 5.26 Å². The summed E-state index contributed by atoms with van der Waals surface area (Å²) in [4.78, 5) is 10.2. The van der Waals surface area contributed by atoms with Crippen molar-refractivity contribution >= 4 is 0 Å². The van der Waals surface area contributed by atoms with Crippen LogP contribution in [-0.2, 0) is 0 Å². The Morgan fingerprint density at radius 1 is 1.69 bits per heavy atom. The van der Waals surface area contributed by atoms with Crippen molar-refractivity contribution in [2.24, 2.45) is 5.92 Å². The van der Waals surface area contributed by atoms with E-state index in [4.69, 9.17) is 5.26 Å². The van der Waals surface area contributed by atoms with Gasteiger partial charge in [-0.1, -0.05) is 6.08 Å². The van der Waals surface area contributed by atoms with Crippen LogP contribution in [0.1, 0.15) is 20.3 Å². The number of hydrogen-bond donors (Lipinski definition) is 0. The lowest BCUT2D eigenvalue weighted by Crippen LogP contribution is -2.15. The molecule has 68 valence electrons. The third kappa shape index (κ3) is 1.59. The lowest BCUT2D eigenvalue weighted by Gasteiger charge is -2.13. The Balaban J connectivity index is 3.19. The van der Waals surface area contributed by atoms with Gasteiger partial charge in [-0.25, -0.2) is 0 Å². The van der Waals surface area contributed by atoms with E-state index < -0.39 is 10.8 Å². The molecule has 1 aliphatic carbocycles. The Hall–Kier alpha value is -1.63. The van der Waals surface area contributed by atoms with E-state index in [9.17, 15) is 10.1 Å². The molecular weight excluding hydrogens is 168 g/mol. The molecule has 0 amide bonds. The van der Waals surface area contributed by atoms with Crippen LogP contribution in [-0.4, -0.2) is 4.92 Å². The third-order valence-electron chi connectivity index (χ3n) is 2.32. The summed E-state index contributed by atoms with van der Waals surface area (Å²) in [5.41, 5.74) is 1.59. The minimum atomic E-state index is -0.585. The van der Waals surface area contributed by atoms with Gasteiger partial charge < -0.3 is 0 Å². The third-order valence-corrected chi connectivity index (χ3v) is 2.32. The zero-order chi connectivity index (χ0) is 10.0. The van der Waals surface area contributed by atoms with Crippen LogP contribution in [0.2, 0.25) is 0 Å². The maximum Gasteiger partial charge on any atom is 0.266 e. The lowest BCUT2D eigenvalue weighted by atomic mass is 9.90. The summed E-state index contributed by atoms with van der Waals surface area (Å²) < 4.78 is 0. The fourth-order valence-corrected chi connectivity index (χ4v) is 1.40. The summed E-state index contributed by atoms with van der Waals surface area (Å²) in [6, 6.07) is 1.94. The van der Waals surface area contributed by atoms with Crippen LogP contribution in [0, 0.1) is 27.4 Å². The fraction of sp³-hybridized carbons (Fsp3) is 0.444. The number of allylic oxidation sites excluding steroid dienone is 4. The lowest BCUT2D eigenvalue weighted by molar-refractivity contribution is -0.433. The highest BCUT2D eigenvalue weighted by molar-refractivity contribution is 5.36. The smallest absolute Gasteiger partial charge is 0.259 e. The van der Waals surface area contributed by atoms with Crippen molar-refractivity contribution < 1.29 is 4.92 Å². The predicted molar refractivity (Wildman–Crippen MR) is 47.2 cm³/mol. The Labute approximate surface area is 76.3 Å². The summed E-state index contributed by atoms with van der Waals surface area (Å²) in [5.74, 6) is -0.585. The Bertz CT molecular complexity index is 347. The van der Waals surface area contributed by atoms with E-state index >= 15 is 0 Å². The largest absolute Gasteiger partial charge is 0.266 e. The van der Waals surface area contributed by atoms with Gasteiger partial charge >= 0.3 is 0 Å². The average Bonchev–Trinajstić information content (AvgIpc) is 2.08. The molecule has 4 heteroatoms. The maximum absolute atomic E-state index is 10.6. The van der Waals surface area contributed by atoms with E-state index in [2.05, 4.69) is 0 Å². The van der Waals surface area contributed by atoms with Crippen molar-refractivity contribution in [3.8, 4) is 6.07 Å².